The molecule has 0 saturated heterocycles. The molecular formula is C23H21NO4S2. The van der Waals surface area contributed by atoms with Gasteiger partial charge in [-0.3, -0.25) is 4.79 Å². The number of hydrogen-bond acceptors (Lipinski definition) is 5. The summed E-state index contributed by atoms with van der Waals surface area (Å²) < 4.78 is 32.0. The molecule has 0 spiro atoms. The fourth-order valence-electron chi connectivity index (χ4n) is 3.53. The average molecular weight is 440 g/mol. The molecule has 7 heteroatoms. The van der Waals surface area contributed by atoms with Gasteiger partial charge in [-0.1, -0.05) is 36.9 Å². The first kappa shape index (κ1) is 20.4. The molecule has 0 aliphatic carbocycles. The molecule has 1 aliphatic heterocycles. The van der Waals surface area contributed by atoms with Gasteiger partial charge in [-0.15, -0.1) is 11.3 Å². The first-order valence-corrected chi connectivity index (χ1v) is 11.8. The molecule has 4 rings (SSSR count). The monoisotopic (exact) mass is 439 g/mol. The smallest absolute Gasteiger partial charge is 0.225 e. The van der Waals surface area contributed by atoms with E-state index in [-0.39, 0.29) is 28.0 Å². The molecule has 0 fully saturated rings. The highest BCUT2D eigenvalue weighted by Gasteiger charge is 2.34. The first-order chi connectivity index (χ1) is 14.4. The minimum Gasteiger partial charge on any atom is -0.490 e. The van der Waals surface area contributed by atoms with Gasteiger partial charge in [0.2, 0.25) is 15.7 Å². The van der Waals surface area contributed by atoms with E-state index in [1.165, 1.54) is 11.3 Å². The summed E-state index contributed by atoms with van der Waals surface area (Å²) in [7, 11) is -3.74. The van der Waals surface area contributed by atoms with Gasteiger partial charge in [-0.25, -0.2) is 8.42 Å². The Balaban J connectivity index is 1.73. The number of carbonyl (C=O) groups is 1. The van der Waals surface area contributed by atoms with Crippen molar-refractivity contribution in [3.05, 3.63) is 82.6 Å². The third-order valence-electron chi connectivity index (χ3n) is 5.00. The van der Waals surface area contributed by atoms with Crippen LogP contribution in [0.5, 0.6) is 5.75 Å². The van der Waals surface area contributed by atoms with Crippen LogP contribution in [0.25, 0.3) is 0 Å². The molecule has 30 heavy (non-hydrogen) atoms. The summed E-state index contributed by atoms with van der Waals surface area (Å²) in [6.07, 6.45) is 1.94. The average Bonchev–Trinajstić information content (AvgIpc) is 3.16. The lowest BCUT2D eigenvalue weighted by atomic mass is 9.90. The van der Waals surface area contributed by atoms with Crippen molar-refractivity contribution in [2.75, 3.05) is 11.9 Å². The molecule has 1 aliphatic rings. The van der Waals surface area contributed by atoms with Gasteiger partial charge in [0.15, 0.2) is 0 Å². The highest BCUT2D eigenvalue weighted by atomic mass is 32.2. The van der Waals surface area contributed by atoms with Crippen molar-refractivity contribution < 1.29 is 17.9 Å². The molecule has 0 radical (unpaired) electrons. The summed E-state index contributed by atoms with van der Waals surface area (Å²) >= 11 is 1.36. The van der Waals surface area contributed by atoms with Crippen LogP contribution in [0.4, 0.5) is 5.69 Å². The van der Waals surface area contributed by atoms with E-state index < -0.39 is 9.84 Å². The zero-order valence-corrected chi connectivity index (χ0v) is 18.1. The maximum atomic E-state index is 13.2. The number of hydrogen-bond donors (Lipinski definition) is 1. The second-order valence-corrected chi connectivity index (χ2v) is 9.96. The van der Waals surface area contributed by atoms with E-state index in [9.17, 15) is 13.2 Å². The molecule has 2 heterocycles. The number of rotatable bonds is 6. The van der Waals surface area contributed by atoms with Crippen molar-refractivity contribution in [2.45, 2.75) is 29.1 Å². The zero-order chi connectivity index (χ0) is 21.3. The number of benzene rings is 2. The van der Waals surface area contributed by atoms with Crippen LogP contribution in [0.1, 0.15) is 28.3 Å². The van der Waals surface area contributed by atoms with Gasteiger partial charge in [-0.2, -0.15) is 0 Å². The molecule has 5 nitrogen and oxygen atoms in total. The van der Waals surface area contributed by atoms with Crippen molar-refractivity contribution >= 4 is 32.8 Å². The predicted molar refractivity (Wildman–Crippen MR) is 118 cm³/mol. The van der Waals surface area contributed by atoms with Crippen molar-refractivity contribution in [1.29, 1.82) is 0 Å². The third-order valence-corrected chi connectivity index (χ3v) is 8.02. The lowest BCUT2D eigenvalue weighted by Gasteiger charge is -2.24. The maximum Gasteiger partial charge on any atom is 0.225 e. The van der Waals surface area contributed by atoms with Crippen LogP contribution in [0.15, 0.2) is 76.4 Å². The van der Waals surface area contributed by atoms with E-state index in [2.05, 4.69) is 11.9 Å². The Morgan fingerprint density at radius 1 is 1.23 bits per heavy atom. The standard InChI is InChI=1S/C23H21NO4S2/c1-3-11-28-17-9-7-16(8-10-17)19-13-21(25)24-22-20(14-29-23(19)22)30(26,27)18-6-4-5-15(2)12-18/h3-10,12,14,19H,1,11,13H2,2H3,(H,24,25)/t19-/m0/s1. The van der Waals surface area contributed by atoms with E-state index in [0.717, 1.165) is 16.0 Å². The summed E-state index contributed by atoms with van der Waals surface area (Å²) in [6, 6.07) is 14.3. The Labute approximate surface area is 179 Å². The first-order valence-electron chi connectivity index (χ1n) is 9.47. The number of ether oxygens (including phenoxy) is 1. The van der Waals surface area contributed by atoms with Crippen LogP contribution in [-0.4, -0.2) is 20.9 Å². The number of nitrogens with one attached hydrogen (secondary N) is 1. The number of carbonyl (C=O) groups excluding carboxylic acids is 1. The highest BCUT2D eigenvalue weighted by molar-refractivity contribution is 7.91. The lowest BCUT2D eigenvalue weighted by Crippen LogP contribution is -2.23. The summed E-state index contributed by atoms with van der Waals surface area (Å²) in [4.78, 5) is 13.7. The second kappa shape index (κ2) is 8.08. The minimum atomic E-state index is -3.74. The van der Waals surface area contributed by atoms with Gasteiger partial charge in [0.25, 0.3) is 0 Å². The Kier molecular flexibility index (Phi) is 5.49. The number of sulfone groups is 1. The van der Waals surface area contributed by atoms with E-state index >= 15 is 0 Å². The van der Waals surface area contributed by atoms with E-state index in [0.29, 0.717) is 18.0 Å². The molecule has 1 aromatic heterocycles. The number of fused-ring (bicyclic) bond motifs is 1. The summed E-state index contributed by atoms with van der Waals surface area (Å²) in [6.45, 7) is 5.90. The van der Waals surface area contributed by atoms with Crippen molar-refractivity contribution in [2.24, 2.45) is 0 Å². The fourth-order valence-corrected chi connectivity index (χ4v) is 6.54. The topological polar surface area (TPSA) is 72.5 Å². The van der Waals surface area contributed by atoms with Gasteiger partial charge in [0.1, 0.15) is 17.3 Å². The van der Waals surface area contributed by atoms with Crippen LogP contribution in [0, 0.1) is 6.92 Å². The van der Waals surface area contributed by atoms with Gasteiger partial charge in [0, 0.05) is 22.6 Å². The van der Waals surface area contributed by atoms with Gasteiger partial charge >= 0.3 is 0 Å². The molecule has 0 bridgehead atoms. The molecular weight excluding hydrogens is 418 g/mol. The molecule has 0 saturated carbocycles. The summed E-state index contributed by atoms with van der Waals surface area (Å²) in [5, 5.41) is 4.42. The van der Waals surface area contributed by atoms with Crippen molar-refractivity contribution in [3.8, 4) is 5.75 Å². The fraction of sp³-hybridized carbons (Fsp3) is 0.174. The minimum absolute atomic E-state index is 0.150. The number of thiophene rings is 1. The Morgan fingerprint density at radius 3 is 2.70 bits per heavy atom. The van der Waals surface area contributed by atoms with Crippen molar-refractivity contribution in [1.82, 2.24) is 0 Å². The van der Waals surface area contributed by atoms with Crippen LogP contribution in [0.2, 0.25) is 0 Å². The lowest BCUT2D eigenvalue weighted by molar-refractivity contribution is -0.116. The van der Waals surface area contributed by atoms with E-state index in [1.807, 2.05) is 37.3 Å². The molecule has 1 N–H and O–H groups in total. The highest BCUT2D eigenvalue weighted by Crippen LogP contribution is 2.46. The molecule has 0 unspecified atom stereocenters. The molecule has 3 aromatic rings. The van der Waals surface area contributed by atoms with Crippen LogP contribution >= 0.6 is 11.3 Å². The largest absolute Gasteiger partial charge is 0.490 e. The second-order valence-electron chi connectivity index (χ2n) is 7.13. The van der Waals surface area contributed by atoms with Crippen molar-refractivity contribution in [3.63, 3.8) is 0 Å². The van der Waals surface area contributed by atoms with Crippen LogP contribution in [0.3, 0.4) is 0 Å². The normalized spacial score (nSPS) is 15.9. The van der Waals surface area contributed by atoms with E-state index in [4.69, 9.17) is 4.74 Å². The van der Waals surface area contributed by atoms with Gasteiger partial charge in [-0.05, 0) is 42.3 Å². The predicted octanol–water partition coefficient (Wildman–Crippen LogP) is 4.93. The quantitative estimate of drug-likeness (QED) is 0.553. The number of anilines is 1. The number of aryl methyl sites for hydroxylation is 1. The summed E-state index contributed by atoms with van der Waals surface area (Å²) in [5.41, 5.74) is 2.20. The molecule has 1 atom stereocenters. The molecule has 1 amide bonds. The van der Waals surface area contributed by atoms with Crippen LogP contribution in [-0.2, 0) is 14.6 Å². The SMILES string of the molecule is C=CCOc1ccc([C@@H]2CC(=O)Nc3c(S(=O)(=O)c4cccc(C)c4)csc32)cc1. The Morgan fingerprint density at radius 2 is 2.00 bits per heavy atom. The molecule has 2 aromatic carbocycles. The third kappa shape index (κ3) is 3.78. The number of amides is 1. The van der Waals surface area contributed by atoms with Crippen LogP contribution < -0.4 is 10.1 Å². The maximum absolute atomic E-state index is 13.2. The van der Waals surface area contributed by atoms with Gasteiger partial charge in [0.05, 0.1) is 10.6 Å². The summed E-state index contributed by atoms with van der Waals surface area (Å²) in [5.74, 6) is 0.320. The Hall–Kier alpha value is -2.90. The zero-order valence-electron chi connectivity index (χ0n) is 16.4. The molecule has 154 valence electrons. The van der Waals surface area contributed by atoms with Gasteiger partial charge < -0.3 is 10.1 Å². The Bertz CT molecular complexity index is 1210. The van der Waals surface area contributed by atoms with E-state index in [1.54, 1.807) is 29.7 Å².